The van der Waals surface area contributed by atoms with Crippen LogP contribution in [0, 0.1) is 0 Å². The van der Waals surface area contributed by atoms with Gasteiger partial charge in [-0.25, -0.2) is 0 Å². The largest absolute Gasteiger partial charge is 0.409 e. The Bertz CT molecular complexity index is 431. The van der Waals surface area contributed by atoms with Crippen LogP contribution >= 0.6 is 11.8 Å². The van der Waals surface area contributed by atoms with Crippen molar-refractivity contribution >= 4 is 23.5 Å². The Labute approximate surface area is 110 Å². The summed E-state index contributed by atoms with van der Waals surface area (Å²) in [6, 6.07) is 6.57. The van der Waals surface area contributed by atoms with Crippen LogP contribution in [0.25, 0.3) is 0 Å². The number of nitrogens with one attached hydrogen (secondary N) is 1. The minimum atomic E-state index is -0.123. The first kappa shape index (κ1) is 14.4. The normalized spacial score (nSPS) is 13.1. The highest BCUT2D eigenvalue weighted by Gasteiger charge is 2.07. The molecule has 0 aliphatic carbocycles. The van der Waals surface area contributed by atoms with Crippen LogP contribution in [-0.2, 0) is 0 Å². The van der Waals surface area contributed by atoms with Crippen molar-refractivity contribution in [1.82, 2.24) is 5.32 Å². The van der Waals surface area contributed by atoms with Crippen molar-refractivity contribution in [3.05, 3.63) is 35.4 Å². The molecule has 1 amide bonds. The van der Waals surface area contributed by atoms with Gasteiger partial charge in [-0.05, 0) is 18.4 Å². The summed E-state index contributed by atoms with van der Waals surface area (Å²) < 4.78 is 0. The minimum Gasteiger partial charge on any atom is -0.409 e. The van der Waals surface area contributed by atoms with Crippen LogP contribution in [0.3, 0.4) is 0 Å². The van der Waals surface area contributed by atoms with E-state index in [0.29, 0.717) is 22.9 Å². The highest BCUT2D eigenvalue weighted by Crippen LogP contribution is 2.06. The molecule has 18 heavy (non-hydrogen) atoms. The third-order valence-corrected chi connectivity index (χ3v) is 3.47. The zero-order valence-corrected chi connectivity index (χ0v) is 11.2. The number of carbonyl (C=O) groups is 1. The average molecular weight is 267 g/mol. The average Bonchev–Trinajstić information content (AvgIpc) is 2.43. The number of rotatable bonds is 5. The summed E-state index contributed by atoms with van der Waals surface area (Å²) in [6.07, 6.45) is 2.00. The second kappa shape index (κ2) is 6.90. The molecule has 0 saturated carbocycles. The summed E-state index contributed by atoms with van der Waals surface area (Å²) in [5.74, 6) is -0.0973. The van der Waals surface area contributed by atoms with Crippen molar-refractivity contribution in [3.63, 3.8) is 0 Å². The lowest BCUT2D eigenvalue weighted by Gasteiger charge is -2.10. The van der Waals surface area contributed by atoms with Gasteiger partial charge in [0, 0.05) is 22.9 Å². The molecule has 0 aliphatic heterocycles. The Balaban J connectivity index is 2.65. The number of thioether (sulfide) groups is 1. The summed E-state index contributed by atoms with van der Waals surface area (Å²) in [5.41, 5.74) is 6.56. The van der Waals surface area contributed by atoms with E-state index in [-0.39, 0.29) is 11.7 Å². The van der Waals surface area contributed by atoms with E-state index in [0.717, 1.165) is 0 Å². The molecule has 1 atom stereocenters. The molecule has 1 rings (SSSR count). The first-order chi connectivity index (χ1) is 8.58. The standard InChI is InChI=1S/C12H17N3O2S/c1-8(18-2)7-14-12(16)10-5-3-9(4-6-10)11(13)15-17/h3-6,8,17H,7H2,1-2H3,(H2,13,15)(H,14,16). The number of carbonyl (C=O) groups excluding carboxylic acids is 1. The zero-order valence-electron chi connectivity index (χ0n) is 10.4. The van der Waals surface area contributed by atoms with E-state index in [2.05, 4.69) is 10.5 Å². The Kier molecular flexibility index (Phi) is 5.51. The van der Waals surface area contributed by atoms with Crippen molar-refractivity contribution in [1.29, 1.82) is 0 Å². The molecule has 0 heterocycles. The predicted molar refractivity (Wildman–Crippen MR) is 74.3 cm³/mol. The first-order valence-electron chi connectivity index (χ1n) is 5.47. The Hall–Kier alpha value is -1.69. The fraction of sp³-hybridized carbons (Fsp3) is 0.333. The third-order valence-electron chi connectivity index (χ3n) is 2.50. The topological polar surface area (TPSA) is 87.7 Å². The van der Waals surface area contributed by atoms with Crippen LogP contribution in [0.2, 0.25) is 0 Å². The second-order valence-corrected chi connectivity index (χ2v) is 5.10. The van der Waals surface area contributed by atoms with Gasteiger partial charge in [0.15, 0.2) is 5.84 Å². The van der Waals surface area contributed by atoms with Crippen molar-refractivity contribution in [2.45, 2.75) is 12.2 Å². The van der Waals surface area contributed by atoms with Crippen LogP contribution in [0.4, 0.5) is 0 Å². The molecule has 6 heteroatoms. The Morgan fingerprint density at radius 2 is 2.00 bits per heavy atom. The van der Waals surface area contributed by atoms with Crippen LogP contribution in [0.5, 0.6) is 0 Å². The molecule has 1 aromatic carbocycles. The molecule has 0 bridgehead atoms. The molecule has 1 aromatic rings. The van der Waals surface area contributed by atoms with Gasteiger partial charge in [-0.1, -0.05) is 24.2 Å². The maximum Gasteiger partial charge on any atom is 0.251 e. The summed E-state index contributed by atoms with van der Waals surface area (Å²) in [6.45, 7) is 2.68. The van der Waals surface area contributed by atoms with E-state index in [9.17, 15) is 4.79 Å². The molecule has 0 spiro atoms. The van der Waals surface area contributed by atoms with Crippen LogP contribution in [0.1, 0.15) is 22.8 Å². The van der Waals surface area contributed by atoms with E-state index in [1.54, 1.807) is 36.0 Å². The number of amides is 1. The third kappa shape index (κ3) is 3.96. The molecule has 0 radical (unpaired) electrons. The SMILES string of the molecule is CSC(C)CNC(=O)c1ccc(/C(N)=N/O)cc1. The number of nitrogens with two attached hydrogens (primary N) is 1. The van der Waals surface area contributed by atoms with Gasteiger partial charge in [-0.2, -0.15) is 11.8 Å². The van der Waals surface area contributed by atoms with E-state index in [4.69, 9.17) is 10.9 Å². The predicted octanol–water partition coefficient (Wildman–Crippen LogP) is 1.26. The van der Waals surface area contributed by atoms with Gasteiger partial charge in [0.2, 0.25) is 0 Å². The Morgan fingerprint density at radius 3 is 2.50 bits per heavy atom. The molecule has 0 saturated heterocycles. The van der Waals surface area contributed by atoms with Gasteiger partial charge in [-0.3, -0.25) is 4.79 Å². The highest BCUT2D eigenvalue weighted by molar-refractivity contribution is 7.99. The molecule has 4 N–H and O–H groups in total. The van der Waals surface area contributed by atoms with Crippen LogP contribution in [0.15, 0.2) is 29.4 Å². The number of nitrogens with zero attached hydrogens (tertiary/aromatic N) is 1. The number of hydrogen-bond donors (Lipinski definition) is 3. The lowest BCUT2D eigenvalue weighted by molar-refractivity contribution is 0.0954. The smallest absolute Gasteiger partial charge is 0.251 e. The molecular formula is C12H17N3O2S. The summed E-state index contributed by atoms with van der Waals surface area (Å²) in [7, 11) is 0. The van der Waals surface area contributed by atoms with Gasteiger partial charge < -0.3 is 16.3 Å². The van der Waals surface area contributed by atoms with Gasteiger partial charge in [0.25, 0.3) is 5.91 Å². The lowest BCUT2D eigenvalue weighted by Crippen LogP contribution is -2.29. The van der Waals surface area contributed by atoms with Crippen molar-refractivity contribution in [2.24, 2.45) is 10.9 Å². The maximum atomic E-state index is 11.8. The maximum absolute atomic E-state index is 11.8. The highest BCUT2D eigenvalue weighted by atomic mass is 32.2. The minimum absolute atomic E-state index is 0.0259. The molecule has 0 fully saturated rings. The summed E-state index contributed by atoms with van der Waals surface area (Å²) in [5, 5.41) is 14.6. The molecule has 5 nitrogen and oxygen atoms in total. The van der Waals surface area contributed by atoms with Gasteiger partial charge in [0.1, 0.15) is 0 Å². The fourth-order valence-electron chi connectivity index (χ4n) is 1.27. The van der Waals surface area contributed by atoms with Crippen molar-refractivity contribution in [3.8, 4) is 0 Å². The van der Waals surface area contributed by atoms with E-state index < -0.39 is 0 Å². The first-order valence-corrected chi connectivity index (χ1v) is 6.76. The molecule has 98 valence electrons. The summed E-state index contributed by atoms with van der Waals surface area (Å²) in [4.78, 5) is 11.8. The quantitative estimate of drug-likeness (QED) is 0.324. The van der Waals surface area contributed by atoms with Crippen LogP contribution in [-0.4, -0.2) is 35.0 Å². The van der Waals surface area contributed by atoms with Gasteiger partial charge in [0.05, 0.1) is 0 Å². The van der Waals surface area contributed by atoms with Crippen molar-refractivity contribution < 1.29 is 10.0 Å². The zero-order chi connectivity index (χ0) is 13.5. The molecule has 0 aliphatic rings. The van der Waals surface area contributed by atoms with Gasteiger partial charge >= 0.3 is 0 Å². The Morgan fingerprint density at radius 1 is 1.44 bits per heavy atom. The number of amidine groups is 1. The molecule has 0 aromatic heterocycles. The van der Waals surface area contributed by atoms with Crippen LogP contribution < -0.4 is 11.1 Å². The van der Waals surface area contributed by atoms with E-state index in [1.807, 2.05) is 13.2 Å². The second-order valence-electron chi connectivity index (χ2n) is 3.82. The lowest BCUT2D eigenvalue weighted by atomic mass is 10.1. The van der Waals surface area contributed by atoms with E-state index in [1.165, 1.54) is 0 Å². The van der Waals surface area contributed by atoms with E-state index >= 15 is 0 Å². The fourth-order valence-corrected chi connectivity index (χ4v) is 1.52. The monoisotopic (exact) mass is 267 g/mol. The molecular weight excluding hydrogens is 250 g/mol. The van der Waals surface area contributed by atoms with Gasteiger partial charge in [-0.15, -0.1) is 0 Å². The number of benzene rings is 1. The molecule has 1 unspecified atom stereocenters. The number of oxime groups is 1. The summed E-state index contributed by atoms with van der Waals surface area (Å²) >= 11 is 1.70. The number of hydrogen-bond acceptors (Lipinski definition) is 4. The van der Waals surface area contributed by atoms with Crippen molar-refractivity contribution in [2.75, 3.05) is 12.8 Å².